The SMILES string of the molecule is Cc1cc(Cl)cc(C2C(C(=O)Nc3ccc(Cl)c(C(=O)Nc4c(F)cccc4F)c3)C2(Cl)Br)c1. The Hall–Kier alpha value is -2.19. The van der Waals surface area contributed by atoms with Gasteiger partial charge in [-0.1, -0.05) is 51.3 Å². The number of hydrogen-bond donors (Lipinski definition) is 2. The van der Waals surface area contributed by atoms with Crippen LogP contribution in [0.4, 0.5) is 20.2 Å². The second kappa shape index (κ2) is 9.46. The van der Waals surface area contributed by atoms with Gasteiger partial charge in [0.25, 0.3) is 5.91 Å². The highest BCUT2D eigenvalue weighted by molar-refractivity contribution is 9.10. The molecule has 1 aliphatic rings. The average Bonchev–Trinajstić information content (AvgIpc) is 3.33. The van der Waals surface area contributed by atoms with E-state index in [0.717, 1.165) is 23.3 Å². The molecule has 2 N–H and O–H groups in total. The Balaban J connectivity index is 1.53. The molecule has 1 fully saturated rings. The summed E-state index contributed by atoms with van der Waals surface area (Å²) in [5, 5.41) is 5.48. The molecule has 0 aromatic heterocycles. The van der Waals surface area contributed by atoms with Crippen LogP contribution in [0, 0.1) is 24.5 Å². The maximum Gasteiger partial charge on any atom is 0.257 e. The van der Waals surface area contributed by atoms with Crippen LogP contribution in [0.2, 0.25) is 10.0 Å². The van der Waals surface area contributed by atoms with Gasteiger partial charge in [0.2, 0.25) is 5.91 Å². The number of para-hydroxylation sites is 1. The normalized spacial score (nSPS) is 21.1. The molecule has 0 heterocycles. The predicted octanol–water partition coefficient (Wildman–Crippen LogP) is 7.51. The van der Waals surface area contributed by atoms with Gasteiger partial charge in [0.15, 0.2) is 0 Å². The number of benzene rings is 3. The summed E-state index contributed by atoms with van der Waals surface area (Å²) in [5.41, 5.74) is 1.35. The summed E-state index contributed by atoms with van der Waals surface area (Å²) in [6.07, 6.45) is 0. The van der Waals surface area contributed by atoms with Crippen molar-refractivity contribution in [2.75, 3.05) is 10.6 Å². The van der Waals surface area contributed by atoms with Gasteiger partial charge < -0.3 is 10.6 Å². The standard InChI is InChI=1S/C24H16BrCl3F2N2O2/c1-11-7-12(9-13(26)8-11)19-20(24(19,25)28)23(34)31-14-5-6-16(27)15(10-14)22(33)32-21-17(29)3-2-4-18(21)30/h2-10,19-20H,1H3,(H,31,34)(H,32,33). The molecule has 3 unspecified atom stereocenters. The van der Waals surface area contributed by atoms with E-state index >= 15 is 0 Å². The fraction of sp³-hybridized carbons (Fsp3) is 0.167. The van der Waals surface area contributed by atoms with E-state index in [9.17, 15) is 18.4 Å². The summed E-state index contributed by atoms with van der Waals surface area (Å²) in [6, 6.07) is 12.9. The van der Waals surface area contributed by atoms with Gasteiger partial charge in [-0.05, 0) is 60.5 Å². The Morgan fingerprint density at radius 3 is 2.32 bits per heavy atom. The monoisotopic (exact) mass is 586 g/mol. The Morgan fingerprint density at radius 2 is 1.68 bits per heavy atom. The molecular weight excluding hydrogens is 573 g/mol. The van der Waals surface area contributed by atoms with E-state index in [-0.39, 0.29) is 28.1 Å². The van der Waals surface area contributed by atoms with Crippen molar-refractivity contribution in [2.45, 2.75) is 16.6 Å². The van der Waals surface area contributed by atoms with Gasteiger partial charge in [0, 0.05) is 16.6 Å². The second-order valence-electron chi connectivity index (χ2n) is 7.93. The summed E-state index contributed by atoms with van der Waals surface area (Å²) in [4.78, 5) is 25.6. The quantitative estimate of drug-likeness (QED) is 0.303. The molecule has 10 heteroatoms. The van der Waals surface area contributed by atoms with E-state index in [4.69, 9.17) is 34.8 Å². The first-order valence-electron chi connectivity index (χ1n) is 9.99. The van der Waals surface area contributed by atoms with Gasteiger partial charge in [0.05, 0.1) is 16.5 Å². The first-order valence-corrected chi connectivity index (χ1v) is 11.9. The third-order valence-electron chi connectivity index (χ3n) is 5.44. The number of carbonyl (C=O) groups excluding carboxylic acids is 2. The smallest absolute Gasteiger partial charge is 0.257 e. The van der Waals surface area contributed by atoms with E-state index in [1.807, 2.05) is 13.0 Å². The zero-order chi connectivity index (χ0) is 24.8. The Morgan fingerprint density at radius 1 is 1.00 bits per heavy atom. The minimum atomic E-state index is -0.997. The van der Waals surface area contributed by atoms with Crippen LogP contribution in [0.15, 0.2) is 54.6 Å². The van der Waals surface area contributed by atoms with Crippen molar-refractivity contribution in [2.24, 2.45) is 5.92 Å². The molecule has 0 spiro atoms. The van der Waals surface area contributed by atoms with Gasteiger partial charge in [-0.25, -0.2) is 8.78 Å². The summed E-state index contributed by atoms with van der Waals surface area (Å²) < 4.78 is 26.8. The van der Waals surface area contributed by atoms with Crippen molar-refractivity contribution >= 4 is 73.9 Å². The molecule has 4 nitrogen and oxygen atoms in total. The molecule has 1 saturated carbocycles. The lowest BCUT2D eigenvalue weighted by Crippen LogP contribution is -2.18. The Bertz CT molecular complexity index is 1280. The first kappa shape index (κ1) is 24.9. The maximum absolute atomic E-state index is 13.9. The van der Waals surface area contributed by atoms with E-state index in [1.54, 1.807) is 12.1 Å². The van der Waals surface area contributed by atoms with Gasteiger partial charge >= 0.3 is 0 Å². The molecule has 4 rings (SSSR count). The van der Waals surface area contributed by atoms with Crippen molar-refractivity contribution < 1.29 is 18.4 Å². The second-order valence-corrected chi connectivity index (χ2v) is 11.2. The van der Waals surface area contributed by atoms with Crippen LogP contribution >= 0.6 is 50.7 Å². The zero-order valence-electron chi connectivity index (χ0n) is 17.4. The van der Waals surface area contributed by atoms with E-state index in [1.165, 1.54) is 24.3 Å². The van der Waals surface area contributed by atoms with Crippen LogP contribution in [0.3, 0.4) is 0 Å². The molecule has 0 aliphatic heterocycles. The largest absolute Gasteiger partial charge is 0.326 e. The highest BCUT2D eigenvalue weighted by Crippen LogP contribution is 2.66. The van der Waals surface area contributed by atoms with Crippen LogP contribution < -0.4 is 10.6 Å². The number of halogens is 6. The van der Waals surface area contributed by atoms with Gasteiger partial charge in [-0.3, -0.25) is 9.59 Å². The van der Waals surface area contributed by atoms with Crippen LogP contribution in [0.25, 0.3) is 0 Å². The van der Waals surface area contributed by atoms with Crippen LogP contribution in [0.5, 0.6) is 0 Å². The molecule has 176 valence electrons. The van der Waals surface area contributed by atoms with Crippen LogP contribution in [-0.4, -0.2) is 15.6 Å². The molecule has 2 amide bonds. The van der Waals surface area contributed by atoms with Gasteiger partial charge in [-0.2, -0.15) is 0 Å². The summed E-state index contributed by atoms with van der Waals surface area (Å²) in [5.74, 6) is -4.03. The molecule has 3 aromatic carbocycles. The van der Waals surface area contributed by atoms with Gasteiger partial charge in [0.1, 0.15) is 21.1 Å². The van der Waals surface area contributed by atoms with Crippen molar-refractivity contribution in [3.63, 3.8) is 0 Å². The van der Waals surface area contributed by atoms with Crippen molar-refractivity contribution in [1.82, 2.24) is 0 Å². The third kappa shape index (κ3) is 4.93. The summed E-state index contributed by atoms with van der Waals surface area (Å²) >= 11 is 22.3. The number of rotatable bonds is 5. The lowest BCUT2D eigenvalue weighted by atomic mass is 10.1. The molecule has 1 aliphatic carbocycles. The van der Waals surface area contributed by atoms with E-state index in [2.05, 4.69) is 26.6 Å². The fourth-order valence-electron chi connectivity index (χ4n) is 3.81. The van der Waals surface area contributed by atoms with E-state index in [0.29, 0.717) is 5.02 Å². The average molecular weight is 589 g/mol. The predicted molar refractivity (Wildman–Crippen MR) is 134 cm³/mol. The number of amides is 2. The number of nitrogens with one attached hydrogen (secondary N) is 2. The first-order chi connectivity index (χ1) is 16.0. The van der Waals surface area contributed by atoms with E-state index < -0.39 is 32.9 Å². The highest BCUT2D eigenvalue weighted by Gasteiger charge is 2.67. The zero-order valence-corrected chi connectivity index (χ0v) is 21.3. The van der Waals surface area contributed by atoms with Crippen LogP contribution in [-0.2, 0) is 4.79 Å². The molecule has 0 saturated heterocycles. The summed E-state index contributed by atoms with van der Waals surface area (Å²) in [7, 11) is 0. The molecule has 34 heavy (non-hydrogen) atoms. The Labute approximate surface area is 217 Å². The summed E-state index contributed by atoms with van der Waals surface area (Å²) in [6.45, 7) is 1.89. The number of carbonyl (C=O) groups is 2. The lowest BCUT2D eigenvalue weighted by molar-refractivity contribution is -0.117. The molecular formula is C24H16BrCl3F2N2O2. The number of anilines is 2. The molecule has 0 radical (unpaired) electrons. The number of alkyl halides is 2. The minimum Gasteiger partial charge on any atom is -0.326 e. The molecule has 3 atom stereocenters. The Kier molecular flexibility index (Phi) is 6.93. The minimum absolute atomic E-state index is 0.0399. The van der Waals surface area contributed by atoms with Crippen LogP contribution in [0.1, 0.15) is 27.4 Å². The van der Waals surface area contributed by atoms with Crippen molar-refractivity contribution in [3.05, 3.63) is 93.0 Å². The number of hydrogen-bond acceptors (Lipinski definition) is 2. The van der Waals surface area contributed by atoms with Crippen molar-refractivity contribution in [1.29, 1.82) is 0 Å². The topological polar surface area (TPSA) is 58.2 Å². The third-order valence-corrected chi connectivity index (χ3v) is 7.44. The lowest BCUT2D eigenvalue weighted by Gasteiger charge is -2.11. The van der Waals surface area contributed by atoms with Crippen molar-refractivity contribution in [3.8, 4) is 0 Å². The fourth-order valence-corrected chi connectivity index (χ4v) is 5.59. The molecule has 0 bridgehead atoms. The maximum atomic E-state index is 13.9. The number of aryl methyl sites for hydroxylation is 1. The molecule has 3 aromatic rings. The van der Waals surface area contributed by atoms with Gasteiger partial charge in [-0.15, -0.1) is 11.6 Å². The highest BCUT2D eigenvalue weighted by atomic mass is 79.9.